The van der Waals surface area contributed by atoms with Gasteiger partial charge >= 0.3 is 6.18 Å². The van der Waals surface area contributed by atoms with Crippen molar-refractivity contribution in [1.82, 2.24) is 9.88 Å². The predicted molar refractivity (Wildman–Crippen MR) is 154 cm³/mol. The Bertz CT molecular complexity index is 1520. The van der Waals surface area contributed by atoms with Crippen molar-refractivity contribution in [2.75, 3.05) is 38.1 Å². The number of hydrogen-bond acceptors (Lipinski definition) is 5. The second-order valence-electron chi connectivity index (χ2n) is 11.2. The normalized spacial score (nSPS) is 15.6. The van der Waals surface area contributed by atoms with Crippen LogP contribution in [0.1, 0.15) is 56.4 Å². The smallest absolute Gasteiger partial charge is 0.369 e. The van der Waals surface area contributed by atoms with Gasteiger partial charge in [-0.1, -0.05) is 18.2 Å². The topological polar surface area (TPSA) is 53.5 Å². The lowest BCUT2D eigenvalue weighted by Gasteiger charge is -2.34. The van der Waals surface area contributed by atoms with Crippen molar-refractivity contribution in [3.8, 4) is 0 Å². The quantitative estimate of drug-likeness (QED) is 0.321. The number of aromatic nitrogens is 1. The highest BCUT2D eigenvalue weighted by Crippen LogP contribution is 2.34. The number of fused-ring (bicyclic) bond motifs is 1. The molecule has 5 rings (SSSR count). The number of ketones is 2. The highest BCUT2D eigenvalue weighted by molar-refractivity contribution is 6.00. The van der Waals surface area contributed by atoms with Crippen LogP contribution in [-0.4, -0.2) is 54.7 Å². The summed E-state index contributed by atoms with van der Waals surface area (Å²) in [4.78, 5) is 33.6. The average molecular weight is 562 g/mol. The van der Waals surface area contributed by atoms with Crippen molar-refractivity contribution in [1.29, 1.82) is 0 Å². The van der Waals surface area contributed by atoms with Gasteiger partial charge in [-0.2, -0.15) is 13.2 Å². The molecule has 41 heavy (non-hydrogen) atoms. The number of carbonyl (C=O) groups excluding carboxylic acids is 2. The highest BCUT2D eigenvalue weighted by atomic mass is 19.4. The number of halogens is 3. The monoisotopic (exact) mass is 561 g/mol. The Morgan fingerprint density at radius 2 is 1.71 bits per heavy atom. The van der Waals surface area contributed by atoms with Crippen LogP contribution in [0, 0.1) is 6.92 Å². The number of aryl methyl sites for hydroxylation is 3. The van der Waals surface area contributed by atoms with Crippen molar-refractivity contribution >= 4 is 23.3 Å². The summed E-state index contributed by atoms with van der Waals surface area (Å²) in [5, 5.41) is 0. The van der Waals surface area contributed by atoms with E-state index in [0.717, 1.165) is 77.1 Å². The van der Waals surface area contributed by atoms with E-state index in [-0.39, 0.29) is 23.6 Å². The molecular formula is C33H34F3N3O2. The summed E-state index contributed by atoms with van der Waals surface area (Å²) in [5.41, 5.74) is 6.41. The predicted octanol–water partition coefficient (Wildman–Crippen LogP) is 5.90. The summed E-state index contributed by atoms with van der Waals surface area (Å²) < 4.78 is 41.3. The zero-order valence-corrected chi connectivity index (χ0v) is 23.6. The number of hydrogen-bond donors (Lipinski definition) is 0. The van der Waals surface area contributed by atoms with Gasteiger partial charge in [-0.05, 0) is 91.9 Å². The van der Waals surface area contributed by atoms with Gasteiger partial charge in [0.1, 0.15) is 0 Å². The molecule has 0 radical (unpaired) electrons. The third-order valence-electron chi connectivity index (χ3n) is 8.10. The van der Waals surface area contributed by atoms with Crippen LogP contribution in [-0.2, 0) is 36.7 Å². The Morgan fingerprint density at radius 1 is 0.951 bits per heavy atom. The molecule has 0 bridgehead atoms. The molecule has 0 spiro atoms. The number of pyridine rings is 1. The molecule has 1 aromatic heterocycles. The summed E-state index contributed by atoms with van der Waals surface area (Å²) in [6, 6.07) is 11.6. The van der Waals surface area contributed by atoms with E-state index in [2.05, 4.69) is 16.0 Å². The minimum Gasteiger partial charge on any atom is -0.369 e. The highest BCUT2D eigenvalue weighted by Gasteiger charge is 2.32. The van der Waals surface area contributed by atoms with Crippen LogP contribution < -0.4 is 4.90 Å². The van der Waals surface area contributed by atoms with Gasteiger partial charge in [0.15, 0.2) is 11.6 Å². The van der Waals surface area contributed by atoms with E-state index in [0.29, 0.717) is 25.2 Å². The van der Waals surface area contributed by atoms with Crippen molar-refractivity contribution in [3.63, 3.8) is 0 Å². The fraction of sp³-hybridized carbons (Fsp3) is 0.364. The number of benzene rings is 2. The second-order valence-corrected chi connectivity index (χ2v) is 11.2. The van der Waals surface area contributed by atoms with E-state index in [9.17, 15) is 22.8 Å². The Labute approximate surface area is 238 Å². The molecule has 3 aromatic rings. The molecule has 1 fully saturated rings. The maximum absolute atomic E-state index is 13.8. The number of alkyl halides is 3. The molecule has 0 atom stereocenters. The van der Waals surface area contributed by atoms with Gasteiger partial charge in [0, 0.05) is 62.0 Å². The first-order valence-corrected chi connectivity index (χ1v) is 13.9. The molecule has 214 valence electrons. The van der Waals surface area contributed by atoms with Crippen LogP contribution in [0.2, 0.25) is 0 Å². The van der Waals surface area contributed by atoms with E-state index in [4.69, 9.17) is 0 Å². The van der Waals surface area contributed by atoms with E-state index < -0.39 is 11.7 Å². The molecule has 0 amide bonds. The first-order valence-electron chi connectivity index (χ1n) is 13.9. The maximum atomic E-state index is 13.8. The number of nitrogens with zero attached hydrogens (tertiary/aromatic N) is 3. The van der Waals surface area contributed by atoms with Gasteiger partial charge in [0.05, 0.1) is 11.3 Å². The summed E-state index contributed by atoms with van der Waals surface area (Å²) in [5.74, 6) is -0.274. The SMILES string of the molecule is CC(=O)C1=Cc2cc(CCc3cc(CC(=O)c4cc(N5CCN(C)CC5)cc(C(F)(F)F)c4)ccc3C)cnc2C1. The second kappa shape index (κ2) is 11.6. The Kier molecular flexibility index (Phi) is 8.13. The fourth-order valence-electron chi connectivity index (χ4n) is 5.46. The molecule has 0 N–H and O–H groups in total. The van der Waals surface area contributed by atoms with Gasteiger partial charge in [-0.25, -0.2) is 0 Å². The number of Topliss-reactive ketones (excluding diaryl/α,β-unsaturated/α-hetero) is 2. The Morgan fingerprint density at radius 3 is 2.41 bits per heavy atom. The molecule has 5 nitrogen and oxygen atoms in total. The van der Waals surface area contributed by atoms with E-state index in [1.807, 2.05) is 49.3 Å². The fourth-order valence-corrected chi connectivity index (χ4v) is 5.46. The first kappa shape index (κ1) is 28.7. The van der Waals surface area contributed by atoms with Crippen LogP contribution >= 0.6 is 0 Å². The molecule has 1 saturated heterocycles. The van der Waals surface area contributed by atoms with Gasteiger partial charge in [0.2, 0.25) is 0 Å². The summed E-state index contributed by atoms with van der Waals surface area (Å²) >= 11 is 0. The number of anilines is 1. The molecule has 2 aliphatic rings. The van der Waals surface area contributed by atoms with Crippen LogP contribution in [0.3, 0.4) is 0 Å². The van der Waals surface area contributed by atoms with Gasteiger partial charge in [-0.3, -0.25) is 14.6 Å². The summed E-state index contributed by atoms with van der Waals surface area (Å²) in [7, 11) is 1.99. The van der Waals surface area contributed by atoms with Crippen LogP contribution in [0.4, 0.5) is 18.9 Å². The van der Waals surface area contributed by atoms with Gasteiger partial charge < -0.3 is 9.80 Å². The molecular weight excluding hydrogens is 527 g/mol. The van der Waals surface area contributed by atoms with Crippen LogP contribution in [0.25, 0.3) is 6.08 Å². The molecule has 2 aromatic carbocycles. The van der Waals surface area contributed by atoms with E-state index in [1.165, 1.54) is 0 Å². The lowest BCUT2D eigenvalue weighted by atomic mass is 9.95. The molecule has 2 heterocycles. The number of allylic oxidation sites excluding steroid dienone is 1. The lowest BCUT2D eigenvalue weighted by Crippen LogP contribution is -2.44. The zero-order valence-electron chi connectivity index (χ0n) is 23.6. The van der Waals surface area contributed by atoms with Gasteiger partial charge in [0.25, 0.3) is 0 Å². The number of piperazine rings is 1. The Balaban J connectivity index is 1.31. The van der Waals surface area contributed by atoms with E-state index >= 15 is 0 Å². The first-order chi connectivity index (χ1) is 19.5. The zero-order chi connectivity index (χ0) is 29.3. The standard InChI is InChI=1S/C33H34F3N3O2/c1-21-4-5-23(12-25(21)7-6-24-13-27-15-26(22(2)40)18-31(27)37-20-24)14-32(41)28-16-29(33(34,35)36)19-30(17-28)39-10-8-38(3)9-11-39/h4-5,12-13,15-17,19-20H,6-11,14,18H2,1-3H3. The largest absolute Gasteiger partial charge is 0.416 e. The Hall–Kier alpha value is -3.78. The minimum atomic E-state index is -4.54. The van der Waals surface area contributed by atoms with Crippen molar-refractivity contribution in [2.45, 2.75) is 45.7 Å². The average Bonchev–Trinajstić information content (AvgIpc) is 3.37. The summed E-state index contributed by atoms with van der Waals surface area (Å²) in [6.45, 7) is 6.31. The lowest BCUT2D eigenvalue weighted by molar-refractivity contribution is -0.137. The molecule has 8 heteroatoms. The van der Waals surface area contributed by atoms with Crippen molar-refractivity contribution < 1.29 is 22.8 Å². The third-order valence-corrected chi connectivity index (χ3v) is 8.10. The van der Waals surface area contributed by atoms with Gasteiger partial charge in [-0.15, -0.1) is 0 Å². The number of carbonyl (C=O) groups is 2. The molecule has 1 aliphatic carbocycles. The molecule has 0 saturated carbocycles. The van der Waals surface area contributed by atoms with Crippen LogP contribution in [0.5, 0.6) is 0 Å². The minimum absolute atomic E-state index is 0.0236. The number of likely N-dealkylation sites (N-methyl/N-ethyl adjacent to an activating group) is 1. The van der Waals surface area contributed by atoms with Crippen LogP contribution in [0.15, 0.2) is 54.2 Å². The van der Waals surface area contributed by atoms with E-state index in [1.54, 1.807) is 13.0 Å². The maximum Gasteiger partial charge on any atom is 0.416 e. The van der Waals surface area contributed by atoms with Crippen molar-refractivity contribution in [3.05, 3.63) is 98.9 Å². The third kappa shape index (κ3) is 6.76. The number of rotatable bonds is 8. The summed E-state index contributed by atoms with van der Waals surface area (Å²) in [6.07, 6.45) is 1.29. The molecule has 0 unspecified atom stereocenters. The molecule has 1 aliphatic heterocycles. The van der Waals surface area contributed by atoms with Crippen molar-refractivity contribution in [2.24, 2.45) is 0 Å².